The maximum Gasteiger partial charge on any atom is 0.303 e. The molecule has 0 radical (unpaired) electrons. The Morgan fingerprint density at radius 3 is 2.15 bits per heavy atom. The molecule has 0 aromatic heterocycles. The Morgan fingerprint density at radius 2 is 1.52 bits per heavy atom. The topological polar surface area (TPSA) is 66.8 Å². The SMILES string of the molecule is CN(CCc1ccccc1)C(=O)COc1ccc(CC(CCC(=O)O)c2ccccc2)cc1. The minimum Gasteiger partial charge on any atom is -0.484 e. The lowest BCUT2D eigenvalue weighted by Gasteiger charge is -2.18. The largest absolute Gasteiger partial charge is 0.484 e. The number of benzene rings is 3. The van der Waals surface area contributed by atoms with Crippen LogP contribution in [0.5, 0.6) is 5.75 Å². The number of nitrogens with zero attached hydrogens (tertiary/aromatic N) is 1. The van der Waals surface area contributed by atoms with Gasteiger partial charge in [-0.05, 0) is 54.0 Å². The minimum absolute atomic E-state index is 0.00408. The van der Waals surface area contributed by atoms with Crippen molar-refractivity contribution in [3.63, 3.8) is 0 Å². The van der Waals surface area contributed by atoms with Crippen molar-refractivity contribution in [1.82, 2.24) is 4.90 Å². The van der Waals surface area contributed by atoms with Crippen molar-refractivity contribution in [3.05, 3.63) is 102 Å². The first-order valence-electron chi connectivity index (χ1n) is 11.3. The molecule has 0 bridgehead atoms. The Bertz CT molecular complexity index is 1000. The first-order chi connectivity index (χ1) is 16.0. The Balaban J connectivity index is 1.50. The van der Waals surface area contributed by atoms with Crippen LogP contribution in [0.2, 0.25) is 0 Å². The van der Waals surface area contributed by atoms with Crippen molar-refractivity contribution in [1.29, 1.82) is 0 Å². The number of ether oxygens (including phenoxy) is 1. The molecule has 0 aliphatic carbocycles. The summed E-state index contributed by atoms with van der Waals surface area (Å²) in [5.74, 6) is -0.0647. The number of likely N-dealkylation sites (N-methyl/N-ethyl adjacent to an activating group) is 1. The summed E-state index contributed by atoms with van der Waals surface area (Å²) in [5.41, 5.74) is 3.45. The molecule has 1 N–H and O–H groups in total. The van der Waals surface area contributed by atoms with Crippen molar-refractivity contribution in [2.45, 2.75) is 31.6 Å². The molecular weight excluding hydrogens is 414 g/mol. The highest BCUT2D eigenvalue weighted by molar-refractivity contribution is 5.77. The van der Waals surface area contributed by atoms with Gasteiger partial charge in [0.2, 0.25) is 0 Å². The molecule has 0 saturated heterocycles. The standard InChI is InChI=1S/C28H31NO4/c1-29(19-18-22-8-4-2-5-9-22)27(30)21-33-26-15-12-23(13-16-26)20-25(14-17-28(31)32)24-10-6-3-7-11-24/h2-13,15-16,25H,14,17-21H2,1H3,(H,31,32). The summed E-state index contributed by atoms with van der Waals surface area (Å²) >= 11 is 0. The van der Waals surface area contributed by atoms with Crippen LogP contribution in [0.25, 0.3) is 0 Å². The zero-order valence-electron chi connectivity index (χ0n) is 19.0. The molecule has 5 heteroatoms. The van der Waals surface area contributed by atoms with Gasteiger partial charge in [-0.15, -0.1) is 0 Å². The van der Waals surface area contributed by atoms with Gasteiger partial charge in [0, 0.05) is 20.0 Å². The van der Waals surface area contributed by atoms with E-state index >= 15 is 0 Å². The zero-order valence-corrected chi connectivity index (χ0v) is 19.0. The third kappa shape index (κ3) is 8.11. The van der Waals surface area contributed by atoms with E-state index in [1.807, 2.05) is 72.8 Å². The van der Waals surface area contributed by atoms with Crippen LogP contribution in [0.1, 0.15) is 35.4 Å². The van der Waals surface area contributed by atoms with Gasteiger partial charge >= 0.3 is 5.97 Å². The number of hydrogen-bond acceptors (Lipinski definition) is 3. The average Bonchev–Trinajstić information content (AvgIpc) is 2.85. The molecule has 3 aromatic rings. The van der Waals surface area contributed by atoms with Crippen LogP contribution in [0, 0.1) is 0 Å². The predicted octanol–water partition coefficient (Wildman–Crippen LogP) is 4.96. The van der Waals surface area contributed by atoms with Gasteiger partial charge in [-0.3, -0.25) is 9.59 Å². The molecule has 0 saturated carbocycles. The maximum absolute atomic E-state index is 12.4. The molecule has 33 heavy (non-hydrogen) atoms. The van der Waals surface area contributed by atoms with Crippen LogP contribution in [-0.2, 0) is 22.4 Å². The monoisotopic (exact) mass is 445 g/mol. The molecular formula is C28H31NO4. The van der Waals surface area contributed by atoms with Gasteiger partial charge in [-0.2, -0.15) is 0 Å². The van der Waals surface area contributed by atoms with Gasteiger partial charge in [0.25, 0.3) is 5.91 Å². The number of carbonyl (C=O) groups excluding carboxylic acids is 1. The second-order valence-electron chi connectivity index (χ2n) is 8.23. The zero-order chi connectivity index (χ0) is 23.5. The van der Waals surface area contributed by atoms with Crippen molar-refractivity contribution in [3.8, 4) is 5.75 Å². The van der Waals surface area contributed by atoms with Crippen molar-refractivity contribution >= 4 is 11.9 Å². The fraction of sp³-hybridized carbons (Fsp3) is 0.286. The van der Waals surface area contributed by atoms with Gasteiger partial charge < -0.3 is 14.7 Å². The van der Waals surface area contributed by atoms with Gasteiger partial charge in [-0.1, -0.05) is 72.8 Å². The summed E-state index contributed by atoms with van der Waals surface area (Å²) in [4.78, 5) is 25.1. The quantitative estimate of drug-likeness (QED) is 0.428. The molecule has 1 amide bonds. The van der Waals surface area contributed by atoms with E-state index in [2.05, 4.69) is 12.1 Å². The van der Waals surface area contributed by atoms with E-state index in [0.29, 0.717) is 18.7 Å². The minimum atomic E-state index is -0.780. The first kappa shape index (κ1) is 24.1. The smallest absolute Gasteiger partial charge is 0.303 e. The van der Waals surface area contributed by atoms with Gasteiger partial charge in [-0.25, -0.2) is 0 Å². The summed E-state index contributed by atoms with van der Waals surface area (Å²) in [5, 5.41) is 9.10. The molecule has 1 unspecified atom stereocenters. The molecule has 0 fully saturated rings. The van der Waals surface area contributed by atoms with Crippen molar-refractivity contribution in [2.24, 2.45) is 0 Å². The van der Waals surface area contributed by atoms with E-state index in [-0.39, 0.29) is 24.9 Å². The molecule has 0 aliphatic rings. The molecule has 0 spiro atoms. The predicted molar refractivity (Wildman–Crippen MR) is 129 cm³/mol. The number of amides is 1. The van der Waals surface area contributed by atoms with Crippen molar-refractivity contribution in [2.75, 3.05) is 20.2 Å². The Morgan fingerprint density at radius 1 is 0.879 bits per heavy atom. The van der Waals surface area contributed by atoms with Crippen LogP contribution in [0.15, 0.2) is 84.9 Å². The fourth-order valence-corrected chi connectivity index (χ4v) is 3.74. The molecule has 3 aromatic carbocycles. The Kier molecular flexibility index (Phi) is 9.07. The number of carboxylic acids is 1. The normalized spacial score (nSPS) is 11.5. The third-order valence-corrected chi connectivity index (χ3v) is 5.75. The number of carbonyl (C=O) groups is 2. The number of aliphatic carboxylic acids is 1. The van der Waals surface area contributed by atoms with Crippen LogP contribution in [0.3, 0.4) is 0 Å². The molecule has 0 aliphatic heterocycles. The van der Waals surface area contributed by atoms with E-state index in [1.54, 1.807) is 11.9 Å². The number of carboxylic acid groups (broad SMARTS) is 1. The third-order valence-electron chi connectivity index (χ3n) is 5.75. The average molecular weight is 446 g/mol. The first-order valence-corrected chi connectivity index (χ1v) is 11.3. The van der Waals surface area contributed by atoms with Gasteiger partial charge in [0.15, 0.2) is 6.61 Å². The van der Waals surface area contributed by atoms with Crippen LogP contribution in [0.4, 0.5) is 0 Å². The molecule has 3 rings (SSSR count). The van der Waals surface area contributed by atoms with E-state index < -0.39 is 5.97 Å². The van der Waals surface area contributed by atoms with Crippen molar-refractivity contribution < 1.29 is 19.4 Å². The Hall–Kier alpha value is -3.60. The summed E-state index contributed by atoms with van der Waals surface area (Å²) in [6.45, 7) is 0.637. The van der Waals surface area contributed by atoms with E-state index in [0.717, 1.165) is 24.0 Å². The second-order valence-corrected chi connectivity index (χ2v) is 8.23. The summed E-state index contributed by atoms with van der Waals surface area (Å²) in [6.07, 6.45) is 2.28. The van der Waals surface area contributed by atoms with Gasteiger partial charge in [0.1, 0.15) is 5.75 Å². The van der Waals surface area contributed by atoms with Crippen LogP contribution in [-0.4, -0.2) is 42.1 Å². The molecule has 5 nitrogen and oxygen atoms in total. The van der Waals surface area contributed by atoms with Crippen LogP contribution < -0.4 is 4.74 Å². The van der Waals surface area contributed by atoms with E-state index in [9.17, 15) is 9.59 Å². The lowest BCUT2D eigenvalue weighted by molar-refractivity contribution is -0.137. The molecule has 1 atom stereocenters. The summed E-state index contributed by atoms with van der Waals surface area (Å²) in [7, 11) is 1.79. The van der Waals surface area contributed by atoms with E-state index in [1.165, 1.54) is 5.56 Å². The molecule has 172 valence electrons. The lowest BCUT2D eigenvalue weighted by Crippen LogP contribution is -2.33. The number of rotatable bonds is 12. The maximum atomic E-state index is 12.4. The number of hydrogen-bond donors (Lipinski definition) is 1. The second kappa shape index (κ2) is 12.4. The lowest BCUT2D eigenvalue weighted by atomic mass is 9.88. The Labute approximate surface area is 195 Å². The summed E-state index contributed by atoms with van der Waals surface area (Å²) < 4.78 is 5.70. The highest BCUT2D eigenvalue weighted by Gasteiger charge is 2.15. The highest BCUT2D eigenvalue weighted by Crippen LogP contribution is 2.26. The summed E-state index contributed by atoms with van der Waals surface area (Å²) in [6, 6.07) is 27.8. The van der Waals surface area contributed by atoms with E-state index in [4.69, 9.17) is 9.84 Å². The highest BCUT2D eigenvalue weighted by atomic mass is 16.5. The molecule has 0 heterocycles. The van der Waals surface area contributed by atoms with Crippen LogP contribution >= 0.6 is 0 Å². The fourth-order valence-electron chi connectivity index (χ4n) is 3.74. The van der Waals surface area contributed by atoms with Gasteiger partial charge in [0.05, 0.1) is 0 Å².